The summed E-state index contributed by atoms with van der Waals surface area (Å²) in [7, 11) is -3.99. The van der Waals surface area contributed by atoms with Gasteiger partial charge in [-0.1, -0.05) is 18.6 Å². The lowest BCUT2D eigenvalue weighted by Gasteiger charge is -2.27. The summed E-state index contributed by atoms with van der Waals surface area (Å²) in [6.45, 7) is 1.28. The van der Waals surface area contributed by atoms with Gasteiger partial charge in [0.1, 0.15) is 16.5 Å². The summed E-state index contributed by atoms with van der Waals surface area (Å²) in [6.07, 6.45) is 4.04. The van der Waals surface area contributed by atoms with Crippen molar-refractivity contribution < 1.29 is 17.6 Å². The predicted octanol–water partition coefficient (Wildman–Crippen LogP) is 3.85. The summed E-state index contributed by atoms with van der Waals surface area (Å²) in [5, 5.41) is 0. The molecule has 0 bridgehead atoms. The number of aromatic amines is 1. The average molecular weight is 457 g/mol. The number of carbonyl (C=O) groups excluding carboxylic acids is 1. The number of amides is 1. The quantitative estimate of drug-likeness (QED) is 0.646. The Bertz CT molecular complexity index is 1230. The van der Waals surface area contributed by atoms with Gasteiger partial charge in [0.15, 0.2) is 0 Å². The summed E-state index contributed by atoms with van der Waals surface area (Å²) in [5.41, 5.74) is 1.90. The number of carbonyl (C=O) groups is 1. The summed E-state index contributed by atoms with van der Waals surface area (Å²) < 4.78 is 42.0. The van der Waals surface area contributed by atoms with E-state index in [0.717, 1.165) is 49.2 Å². The minimum Gasteiger partial charge on any atom is -0.340 e. The highest BCUT2D eigenvalue weighted by molar-refractivity contribution is 7.89. The lowest BCUT2D eigenvalue weighted by Crippen LogP contribution is -2.36. The molecule has 2 aliphatic heterocycles. The molecule has 2 saturated heterocycles. The Hall–Kier alpha value is -2.78. The number of aromatic nitrogens is 2. The molecule has 1 unspecified atom stereocenters. The zero-order valence-corrected chi connectivity index (χ0v) is 18.4. The molecule has 1 amide bonds. The molecule has 7 nitrogen and oxygen atoms in total. The fourth-order valence-electron chi connectivity index (χ4n) is 4.67. The normalized spacial score (nSPS) is 20.2. The Morgan fingerprint density at radius 1 is 1.03 bits per heavy atom. The van der Waals surface area contributed by atoms with E-state index in [9.17, 15) is 17.6 Å². The number of H-pyrrole nitrogens is 1. The molecule has 1 N–H and O–H groups in total. The number of nitrogens with one attached hydrogen (secondary N) is 1. The van der Waals surface area contributed by atoms with Gasteiger partial charge in [0.25, 0.3) is 5.91 Å². The number of piperidine rings is 1. The number of sulfonamides is 1. The van der Waals surface area contributed by atoms with Gasteiger partial charge < -0.3 is 9.88 Å². The van der Waals surface area contributed by atoms with Crippen molar-refractivity contribution in [2.24, 2.45) is 0 Å². The molecule has 32 heavy (non-hydrogen) atoms. The van der Waals surface area contributed by atoms with Gasteiger partial charge in [0, 0.05) is 25.2 Å². The largest absolute Gasteiger partial charge is 0.340 e. The number of fused-ring (bicyclic) bond motifs is 1. The van der Waals surface area contributed by atoms with Crippen LogP contribution in [0.3, 0.4) is 0 Å². The van der Waals surface area contributed by atoms with E-state index >= 15 is 0 Å². The molecule has 2 fully saturated rings. The Kier molecular flexibility index (Phi) is 5.46. The molecule has 5 rings (SSSR count). The van der Waals surface area contributed by atoms with Gasteiger partial charge in [-0.25, -0.2) is 17.8 Å². The Balaban J connectivity index is 1.45. The molecule has 1 aromatic heterocycles. The van der Waals surface area contributed by atoms with Crippen LogP contribution in [0.4, 0.5) is 4.39 Å². The van der Waals surface area contributed by atoms with Crippen LogP contribution < -0.4 is 0 Å². The maximum atomic E-state index is 14.6. The summed E-state index contributed by atoms with van der Waals surface area (Å²) in [5.74, 6) is -0.439. The Morgan fingerprint density at radius 2 is 1.81 bits per heavy atom. The van der Waals surface area contributed by atoms with Gasteiger partial charge in [0.05, 0.1) is 17.1 Å². The molecular formula is C23H25FN4O3S. The van der Waals surface area contributed by atoms with Gasteiger partial charge in [0.2, 0.25) is 10.0 Å². The van der Waals surface area contributed by atoms with Crippen molar-refractivity contribution in [3.8, 4) is 0 Å². The number of rotatable bonds is 4. The van der Waals surface area contributed by atoms with Gasteiger partial charge in [-0.3, -0.25) is 4.79 Å². The monoisotopic (exact) mass is 456 g/mol. The van der Waals surface area contributed by atoms with Gasteiger partial charge >= 0.3 is 0 Å². The SMILES string of the molecule is O=C(c1ccc(F)c(S(=O)(=O)N2CCCCC2)c1)N1CCCC1c1nc2ccccc2[nH]1. The van der Waals surface area contributed by atoms with E-state index < -0.39 is 20.7 Å². The second-order valence-electron chi connectivity index (χ2n) is 8.41. The first-order valence-corrected chi connectivity index (χ1v) is 12.4. The zero-order valence-electron chi connectivity index (χ0n) is 17.6. The number of benzene rings is 2. The maximum absolute atomic E-state index is 14.6. The highest BCUT2D eigenvalue weighted by Crippen LogP contribution is 2.33. The van der Waals surface area contributed by atoms with Crippen molar-refractivity contribution in [3.05, 3.63) is 59.7 Å². The smallest absolute Gasteiger partial charge is 0.254 e. The van der Waals surface area contributed by atoms with E-state index in [1.54, 1.807) is 4.90 Å². The Morgan fingerprint density at radius 3 is 2.59 bits per heavy atom. The number of nitrogens with zero attached hydrogens (tertiary/aromatic N) is 3. The average Bonchev–Trinajstić information content (AvgIpc) is 3.46. The number of hydrogen-bond acceptors (Lipinski definition) is 4. The number of para-hydroxylation sites is 2. The summed E-state index contributed by atoms with van der Waals surface area (Å²) in [6, 6.07) is 11.1. The number of halogens is 1. The van der Waals surface area contributed by atoms with Crippen LogP contribution in [0.5, 0.6) is 0 Å². The van der Waals surface area contributed by atoms with Crippen LogP contribution in [0, 0.1) is 5.82 Å². The molecule has 0 saturated carbocycles. The number of likely N-dealkylation sites (tertiary alicyclic amines) is 1. The standard InChI is InChI=1S/C23H25FN4O3S/c24-17-11-10-16(15-21(17)32(30,31)27-12-4-1-5-13-27)23(29)28-14-6-9-20(28)22-25-18-7-2-3-8-19(18)26-22/h2-3,7-8,10-11,15,20H,1,4-6,9,12-14H2,(H,25,26). The van der Waals surface area contributed by atoms with Gasteiger partial charge in [-0.2, -0.15) is 4.31 Å². The third-order valence-electron chi connectivity index (χ3n) is 6.35. The van der Waals surface area contributed by atoms with Crippen molar-refractivity contribution in [1.82, 2.24) is 19.2 Å². The van der Waals surface area contributed by atoms with Crippen LogP contribution in [0.25, 0.3) is 11.0 Å². The van der Waals surface area contributed by atoms with Crippen molar-refractivity contribution in [2.75, 3.05) is 19.6 Å². The van der Waals surface area contributed by atoms with Gasteiger partial charge in [-0.15, -0.1) is 0 Å². The van der Waals surface area contributed by atoms with Crippen molar-refractivity contribution >= 4 is 27.0 Å². The van der Waals surface area contributed by atoms with E-state index in [-0.39, 0.29) is 17.5 Å². The molecule has 2 aliphatic rings. The molecule has 1 atom stereocenters. The highest BCUT2D eigenvalue weighted by Gasteiger charge is 2.34. The van der Waals surface area contributed by atoms with Crippen LogP contribution in [0.15, 0.2) is 47.4 Å². The molecular weight excluding hydrogens is 431 g/mol. The van der Waals surface area contributed by atoms with Gasteiger partial charge in [-0.05, 0) is 56.0 Å². The lowest BCUT2D eigenvalue weighted by atomic mass is 10.1. The minimum absolute atomic E-state index is 0.171. The Labute approximate surface area is 186 Å². The van der Waals surface area contributed by atoms with Crippen LogP contribution in [0.1, 0.15) is 54.3 Å². The fraction of sp³-hybridized carbons (Fsp3) is 0.391. The van der Waals surface area contributed by atoms with Crippen molar-refractivity contribution in [1.29, 1.82) is 0 Å². The molecule has 3 aromatic rings. The fourth-order valence-corrected chi connectivity index (χ4v) is 6.28. The molecule has 0 radical (unpaired) electrons. The zero-order chi connectivity index (χ0) is 22.3. The predicted molar refractivity (Wildman–Crippen MR) is 118 cm³/mol. The molecule has 0 spiro atoms. The summed E-state index contributed by atoms with van der Waals surface area (Å²) in [4.78, 5) is 22.6. The summed E-state index contributed by atoms with van der Waals surface area (Å²) >= 11 is 0. The van der Waals surface area contributed by atoms with E-state index in [4.69, 9.17) is 0 Å². The van der Waals surface area contributed by atoms with E-state index in [0.29, 0.717) is 25.5 Å². The van der Waals surface area contributed by atoms with Crippen LogP contribution in [-0.2, 0) is 10.0 Å². The molecule has 9 heteroatoms. The van der Waals surface area contributed by atoms with E-state index in [2.05, 4.69) is 9.97 Å². The van der Waals surface area contributed by atoms with Crippen molar-refractivity contribution in [3.63, 3.8) is 0 Å². The third kappa shape index (κ3) is 3.69. The van der Waals surface area contributed by atoms with Crippen LogP contribution >= 0.6 is 0 Å². The molecule has 2 aromatic carbocycles. The van der Waals surface area contributed by atoms with E-state index in [1.807, 2.05) is 24.3 Å². The number of hydrogen-bond donors (Lipinski definition) is 1. The molecule has 3 heterocycles. The second kappa shape index (κ2) is 8.29. The van der Waals surface area contributed by atoms with E-state index in [1.165, 1.54) is 16.4 Å². The topological polar surface area (TPSA) is 86.4 Å². The van der Waals surface area contributed by atoms with Crippen molar-refractivity contribution in [2.45, 2.75) is 43.0 Å². The first-order valence-electron chi connectivity index (χ1n) is 11.0. The third-order valence-corrected chi connectivity index (χ3v) is 8.26. The molecule has 168 valence electrons. The minimum atomic E-state index is -3.99. The lowest BCUT2D eigenvalue weighted by molar-refractivity contribution is 0.0730. The van der Waals surface area contributed by atoms with Crippen LogP contribution in [-0.4, -0.2) is 53.1 Å². The highest BCUT2D eigenvalue weighted by atomic mass is 32.2. The maximum Gasteiger partial charge on any atom is 0.254 e. The van der Waals surface area contributed by atoms with Crippen LogP contribution in [0.2, 0.25) is 0 Å². The number of imidazole rings is 1. The second-order valence-corrected chi connectivity index (χ2v) is 10.3. The molecule has 0 aliphatic carbocycles. The first-order chi connectivity index (χ1) is 15.4. The first kappa shape index (κ1) is 21.1.